The molecular weight excluding hydrogens is 290 g/mol. The molecular formula is C18H27N3O2. The lowest BCUT2D eigenvalue weighted by Crippen LogP contribution is -2.42. The molecule has 1 amide bonds. The number of nitrogens with one attached hydrogen (secondary N) is 1. The van der Waals surface area contributed by atoms with Gasteiger partial charge in [0.2, 0.25) is 5.91 Å². The predicted molar refractivity (Wildman–Crippen MR) is 91.4 cm³/mol. The fourth-order valence-corrected chi connectivity index (χ4v) is 3.96. The molecule has 2 aliphatic carbocycles. The van der Waals surface area contributed by atoms with E-state index in [9.17, 15) is 4.79 Å². The number of carbonyl (C=O) groups excluding carboxylic acids is 1. The molecule has 0 radical (unpaired) electrons. The molecule has 1 aromatic rings. The number of nitrogens with two attached hydrogens (primary N) is 1. The number of ether oxygens (including phenoxy) is 1. The minimum Gasteiger partial charge on any atom is -0.492 e. The van der Waals surface area contributed by atoms with Crippen LogP contribution in [0.2, 0.25) is 0 Å². The number of rotatable bonds is 6. The van der Waals surface area contributed by atoms with Crippen molar-refractivity contribution in [3.8, 4) is 5.75 Å². The van der Waals surface area contributed by atoms with Gasteiger partial charge in [-0.05, 0) is 57.3 Å². The molecule has 2 fully saturated rings. The van der Waals surface area contributed by atoms with Crippen LogP contribution >= 0.6 is 0 Å². The minimum absolute atomic E-state index is 0.0216. The normalized spacial score (nSPS) is 29.0. The van der Waals surface area contributed by atoms with E-state index in [-0.39, 0.29) is 17.9 Å². The average molecular weight is 317 g/mol. The molecule has 0 aliphatic heterocycles. The summed E-state index contributed by atoms with van der Waals surface area (Å²) in [6.07, 6.45) is 3.45. The van der Waals surface area contributed by atoms with Crippen molar-refractivity contribution in [1.82, 2.24) is 4.90 Å². The van der Waals surface area contributed by atoms with Crippen molar-refractivity contribution >= 4 is 11.6 Å². The third-order valence-corrected chi connectivity index (χ3v) is 5.19. The quantitative estimate of drug-likeness (QED) is 0.841. The Hall–Kier alpha value is -1.59. The first-order valence-electron chi connectivity index (χ1n) is 8.48. The van der Waals surface area contributed by atoms with Gasteiger partial charge in [0.25, 0.3) is 0 Å². The number of amides is 1. The molecule has 0 aromatic heterocycles. The molecule has 0 spiro atoms. The number of hydrogen-bond donors (Lipinski definition) is 2. The van der Waals surface area contributed by atoms with Crippen molar-refractivity contribution in [3.63, 3.8) is 0 Å². The van der Waals surface area contributed by atoms with Crippen LogP contribution in [0.5, 0.6) is 5.75 Å². The monoisotopic (exact) mass is 317 g/mol. The van der Waals surface area contributed by atoms with E-state index in [0.29, 0.717) is 18.4 Å². The molecule has 2 bridgehead atoms. The van der Waals surface area contributed by atoms with E-state index in [1.165, 1.54) is 6.42 Å². The van der Waals surface area contributed by atoms with Crippen molar-refractivity contribution in [2.75, 3.05) is 32.6 Å². The van der Waals surface area contributed by atoms with Crippen molar-refractivity contribution in [3.05, 3.63) is 24.3 Å². The maximum Gasteiger partial charge on any atom is 0.229 e. The highest BCUT2D eigenvalue weighted by atomic mass is 16.5. The van der Waals surface area contributed by atoms with Gasteiger partial charge < -0.3 is 20.7 Å². The second-order valence-electron chi connectivity index (χ2n) is 7.11. The summed E-state index contributed by atoms with van der Waals surface area (Å²) in [7, 11) is 4.02. The van der Waals surface area contributed by atoms with Crippen molar-refractivity contribution < 1.29 is 9.53 Å². The minimum atomic E-state index is -0.0351. The smallest absolute Gasteiger partial charge is 0.229 e. The third-order valence-electron chi connectivity index (χ3n) is 5.19. The molecule has 4 atom stereocenters. The zero-order valence-corrected chi connectivity index (χ0v) is 14.0. The van der Waals surface area contributed by atoms with Gasteiger partial charge in [-0.3, -0.25) is 4.79 Å². The third kappa shape index (κ3) is 3.67. The second-order valence-corrected chi connectivity index (χ2v) is 7.11. The summed E-state index contributed by atoms with van der Waals surface area (Å²) in [6, 6.07) is 7.62. The lowest BCUT2D eigenvalue weighted by Gasteiger charge is -2.27. The summed E-state index contributed by atoms with van der Waals surface area (Å²) < 4.78 is 5.72. The summed E-state index contributed by atoms with van der Waals surface area (Å²) >= 11 is 0. The SMILES string of the molecule is CN(C)CCOc1cccc(NC(=O)C2C3CCC(C3)C2N)c1. The van der Waals surface area contributed by atoms with Gasteiger partial charge in [0.15, 0.2) is 0 Å². The van der Waals surface area contributed by atoms with Crippen LogP contribution < -0.4 is 15.8 Å². The number of nitrogens with zero attached hydrogens (tertiary/aromatic N) is 1. The van der Waals surface area contributed by atoms with Gasteiger partial charge in [-0.1, -0.05) is 6.07 Å². The van der Waals surface area contributed by atoms with Crippen LogP contribution in [0.1, 0.15) is 19.3 Å². The van der Waals surface area contributed by atoms with Gasteiger partial charge in [0, 0.05) is 24.3 Å². The summed E-state index contributed by atoms with van der Waals surface area (Å²) in [5, 5.41) is 3.03. The Balaban J connectivity index is 1.58. The molecule has 23 heavy (non-hydrogen) atoms. The van der Waals surface area contributed by atoms with Crippen LogP contribution in [0.4, 0.5) is 5.69 Å². The molecule has 5 heteroatoms. The molecule has 5 nitrogen and oxygen atoms in total. The summed E-state index contributed by atoms with van der Waals surface area (Å²) in [6.45, 7) is 1.48. The molecule has 2 saturated carbocycles. The van der Waals surface area contributed by atoms with Crippen LogP contribution in [0.15, 0.2) is 24.3 Å². The van der Waals surface area contributed by atoms with Crippen molar-refractivity contribution in [2.24, 2.45) is 23.5 Å². The summed E-state index contributed by atoms with van der Waals surface area (Å²) in [5.41, 5.74) is 7.04. The Bertz CT molecular complexity index is 559. The number of hydrogen-bond acceptors (Lipinski definition) is 4. The lowest BCUT2D eigenvalue weighted by molar-refractivity contribution is -0.121. The highest BCUT2D eigenvalue weighted by molar-refractivity contribution is 5.93. The Labute approximate surface area is 138 Å². The van der Waals surface area contributed by atoms with E-state index in [1.807, 2.05) is 38.4 Å². The van der Waals surface area contributed by atoms with Crippen LogP contribution in [-0.2, 0) is 4.79 Å². The maximum atomic E-state index is 12.6. The molecule has 126 valence electrons. The van der Waals surface area contributed by atoms with E-state index in [2.05, 4.69) is 10.2 Å². The Morgan fingerprint density at radius 3 is 2.83 bits per heavy atom. The molecule has 0 heterocycles. The zero-order chi connectivity index (χ0) is 16.4. The van der Waals surface area contributed by atoms with Crippen LogP contribution in [-0.4, -0.2) is 44.1 Å². The first-order chi connectivity index (χ1) is 11.0. The fraction of sp³-hybridized carbons (Fsp3) is 0.611. The number of fused-ring (bicyclic) bond motifs is 2. The predicted octanol–water partition coefficient (Wildman–Crippen LogP) is 1.94. The van der Waals surface area contributed by atoms with E-state index in [0.717, 1.165) is 30.8 Å². The van der Waals surface area contributed by atoms with E-state index in [4.69, 9.17) is 10.5 Å². The fourth-order valence-electron chi connectivity index (χ4n) is 3.96. The van der Waals surface area contributed by atoms with Gasteiger partial charge in [0.05, 0.1) is 5.92 Å². The average Bonchev–Trinajstić information content (AvgIpc) is 3.08. The van der Waals surface area contributed by atoms with E-state index >= 15 is 0 Å². The highest BCUT2D eigenvalue weighted by Gasteiger charge is 2.49. The number of anilines is 1. The second kappa shape index (κ2) is 6.89. The first kappa shape index (κ1) is 16.3. The topological polar surface area (TPSA) is 67.6 Å². The molecule has 4 unspecified atom stereocenters. The van der Waals surface area contributed by atoms with Gasteiger partial charge in [-0.15, -0.1) is 0 Å². The van der Waals surface area contributed by atoms with Gasteiger partial charge in [0.1, 0.15) is 12.4 Å². The van der Waals surface area contributed by atoms with Gasteiger partial charge >= 0.3 is 0 Å². The number of benzene rings is 1. The van der Waals surface area contributed by atoms with E-state index in [1.54, 1.807) is 0 Å². The van der Waals surface area contributed by atoms with Crippen LogP contribution in [0.25, 0.3) is 0 Å². The highest BCUT2D eigenvalue weighted by Crippen LogP contribution is 2.47. The van der Waals surface area contributed by atoms with Gasteiger partial charge in [-0.25, -0.2) is 0 Å². The summed E-state index contributed by atoms with van der Waals surface area (Å²) in [5.74, 6) is 1.81. The maximum absolute atomic E-state index is 12.6. The largest absolute Gasteiger partial charge is 0.492 e. The number of carbonyl (C=O) groups is 1. The molecule has 0 saturated heterocycles. The molecule has 3 N–H and O–H groups in total. The Morgan fingerprint density at radius 2 is 2.13 bits per heavy atom. The molecule has 2 aliphatic rings. The van der Waals surface area contributed by atoms with E-state index < -0.39 is 0 Å². The molecule has 1 aromatic carbocycles. The van der Waals surface area contributed by atoms with Crippen LogP contribution in [0.3, 0.4) is 0 Å². The molecule has 3 rings (SSSR count). The summed E-state index contributed by atoms with van der Waals surface area (Å²) in [4.78, 5) is 14.7. The van der Waals surface area contributed by atoms with Crippen molar-refractivity contribution in [1.29, 1.82) is 0 Å². The number of likely N-dealkylation sites (N-methyl/N-ethyl adjacent to an activating group) is 1. The zero-order valence-electron chi connectivity index (χ0n) is 14.0. The standard InChI is InChI=1S/C18H27N3O2/c1-21(2)8-9-23-15-5-3-4-14(11-15)20-18(22)16-12-6-7-13(10-12)17(16)19/h3-5,11-13,16-17H,6-10,19H2,1-2H3,(H,20,22). The lowest BCUT2D eigenvalue weighted by atomic mass is 9.84. The first-order valence-corrected chi connectivity index (χ1v) is 8.48. The van der Waals surface area contributed by atoms with Crippen molar-refractivity contribution in [2.45, 2.75) is 25.3 Å². The van der Waals surface area contributed by atoms with Gasteiger partial charge in [-0.2, -0.15) is 0 Å². The Kier molecular flexibility index (Phi) is 4.87. The van der Waals surface area contributed by atoms with Crippen LogP contribution in [0, 0.1) is 17.8 Å². The Morgan fingerprint density at radius 1 is 1.35 bits per heavy atom.